The lowest BCUT2D eigenvalue weighted by Gasteiger charge is -2.25. The zero-order valence-electron chi connectivity index (χ0n) is 13.9. The van der Waals surface area contributed by atoms with Gasteiger partial charge in [0.25, 0.3) is 0 Å². The molecule has 0 atom stereocenters. The molecule has 1 aromatic rings. The number of hydrogen-bond acceptors (Lipinski definition) is 2. The van der Waals surface area contributed by atoms with E-state index >= 15 is 0 Å². The summed E-state index contributed by atoms with van der Waals surface area (Å²) in [6, 6.07) is 6.85. The lowest BCUT2D eigenvalue weighted by Crippen LogP contribution is -2.25. The standard InChI is InChI=1S/C18H31NO/c1-15-6-7-17(14-16(15)2)8-9-18(3,4)10-11-19-12-13-20-5/h6-7,14,19H,8-13H2,1-5H3. The molecule has 2 nitrogen and oxygen atoms in total. The molecule has 0 aliphatic heterocycles. The van der Waals surface area contributed by atoms with Gasteiger partial charge < -0.3 is 10.1 Å². The van der Waals surface area contributed by atoms with Crippen molar-refractivity contribution in [1.29, 1.82) is 0 Å². The van der Waals surface area contributed by atoms with Crippen LogP contribution in [0.1, 0.15) is 43.4 Å². The topological polar surface area (TPSA) is 21.3 Å². The molecule has 20 heavy (non-hydrogen) atoms. The number of benzene rings is 1. The van der Waals surface area contributed by atoms with Crippen molar-refractivity contribution in [2.75, 3.05) is 26.8 Å². The van der Waals surface area contributed by atoms with E-state index in [1.807, 2.05) is 0 Å². The second-order valence-electron chi connectivity index (χ2n) is 6.58. The van der Waals surface area contributed by atoms with E-state index in [1.165, 1.54) is 36.0 Å². The maximum absolute atomic E-state index is 5.04. The minimum absolute atomic E-state index is 0.388. The van der Waals surface area contributed by atoms with E-state index in [4.69, 9.17) is 4.74 Å². The second kappa shape index (κ2) is 8.43. The number of nitrogens with one attached hydrogen (secondary N) is 1. The summed E-state index contributed by atoms with van der Waals surface area (Å²) in [6.07, 6.45) is 3.62. The highest BCUT2D eigenvalue weighted by Gasteiger charge is 2.17. The smallest absolute Gasteiger partial charge is 0.0587 e. The van der Waals surface area contributed by atoms with Gasteiger partial charge in [0.1, 0.15) is 0 Å². The van der Waals surface area contributed by atoms with Crippen molar-refractivity contribution < 1.29 is 4.74 Å². The van der Waals surface area contributed by atoms with Gasteiger partial charge in [0, 0.05) is 13.7 Å². The Balaban J connectivity index is 2.32. The Morgan fingerprint density at radius 3 is 2.45 bits per heavy atom. The Labute approximate surface area is 124 Å². The molecule has 0 aliphatic carbocycles. The maximum Gasteiger partial charge on any atom is 0.0587 e. The van der Waals surface area contributed by atoms with Gasteiger partial charge in [-0.1, -0.05) is 32.0 Å². The number of hydrogen-bond donors (Lipinski definition) is 1. The monoisotopic (exact) mass is 277 g/mol. The first kappa shape index (κ1) is 17.2. The van der Waals surface area contributed by atoms with Crippen molar-refractivity contribution in [3.8, 4) is 0 Å². The Bertz CT molecular complexity index is 398. The Morgan fingerprint density at radius 1 is 1.05 bits per heavy atom. The average Bonchev–Trinajstić information content (AvgIpc) is 2.40. The van der Waals surface area contributed by atoms with Crippen LogP contribution in [0.15, 0.2) is 18.2 Å². The predicted octanol–water partition coefficient (Wildman–Crippen LogP) is 3.89. The zero-order chi connectivity index (χ0) is 15.0. The highest BCUT2D eigenvalue weighted by Crippen LogP contribution is 2.27. The first-order valence-corrected chi connectivity index (χ1v) is 7.70. The minimum Gasteiger partial charge on any atom is -0.383 e. The Morgan fingerprint density at radius 2 is 1.80 bits per heavy atom. The lowest BCUT2D eigenvalue weighted by atomic mass is 9.83. The zero-order valence-corrected chi connectivity index (χ0v) is 13.9. The fraction of sp³-hybridized carbons (Fsp3) is 0.667. The van der Waals surface area contributed by atoms with Crippen LogP contribution in [-0.2, 0) is 11.2 Å². The molecule has 0 heterocycles. The highest BCUT2D eigenvalue weighted by atomic mass is 16.5. The summed E-state index contributed by atoms with van der Waals surface area (Å²) >= 11 is 0. The molecular weight excluding hydrogens is 246 g/mol. The van der Waals surface area contributed by atoms with Gasteiger partial charge in [0.05, 0.1) is 6.61 Å². The molecule has 0 saturated carbocycles. The summed E-state index contributed by atoms with van der Waals surface area (Å²) in [5, 5.41) is 3.43. The first-order chi connectivity index (χ1) is 9.44. The van der Waals surface area contributed by atoms with Crippen LogP contribution in [0.2, 0.25) is 0 Å². The van der Waals surface area contributed by atoms with Gasteiger partial charge in [-0.3, -0.25) is 0 Å². The fourth-order valence-corrected chi connectivity index (χ4v) is 2.29. The molecule has 0 aromatic heterocycles. The van der Waals surface area contributed by atoms with E-state index < -0.39 is 0 Å². The molecule has 0 amide bonds. The van der Waals surface area contributed by atoms with Crippen molar-refractivity contribution in [2.45, 2.75) is 47.0 Å². The third-order valence-corrected chi connectivity index (χ3v) is 4.12. The lowest BCUT2D eigenvalue weighted by molar-refractivity contribution is 0.197. The fourth-order valence-electron chi connectivity index (χ4n) is 2.29. The van der Waals surface area contributed by atoms with E-state index in [0.717, 1.165) is 19.7 Å². The second-order valence-corrected chi connectivity index (χ2v) is 6.58. The summed E-state index contributed by atoms with van der Waals surface area (Å²) < 4.78 is 5.04. The van der Waals surface area contributed by atoms with E-state index in [9.17, 15) is 0 Å². The van der Waals surface area contributed by atoms with Crippen LogP contribution in [0, 0.1) is 19.3 Å². The quantitative estimate of drug-likeness (QED) is 0.691. The third kappa shape index (κ3) is 6.53. The van der Waals surface area contributed by atoms with Crippen molar-refractivity contribution in [3.05, 3.63) is 34.9 Å². The van der Waals surface area contributed by atoms with Crippen LogP contribution in [0.25, 0.3) is 0 Å². The van der Waals surface area contributed by atoms with Crippen LogP contribution in [-0.4, -0.2) is 26.8 Å². The number of ether oxygens (including phenoxy) is 1. The van der Waals surface area contributed by atoms with Crippen molar-refractivity contribution in [2.24, 2.45) is 5.41 Å². The SMILES string of the molecule is COCCNCCC(C)(C)CCc1ccc(C)c(C)c1. The summed E-state index contributed by atoms with van der Waals surface area (Å²) in [5.41, 5.74) is 4.64. The van der Waals surface area contributed by atoms with Gasteiger partial charge in [0.2, 0.25) is 0 Å². The van der Waals surface area contributed by atoms with Crippen molar-refractivity contribution >= 4 is 0 Å². The minimum atomic E-state index is 0.388. The first-order valence-electron chi connectivity index (χ1n) is 7.70. The van der Waals surface area contributed by atoms with Gasteiger partial charge in [-0.15, -0.1) is 0 Å². The van der Waals surface area contributed by atoms with Gasteiger partial charge in [-0.2, -0.15) is 0 Å². The highest BCUT2D eigenvalue weighted by molar-refractivity contribution is 5.29. The predicted molar refractivity (Wildman–Crippen MR) is 87.4 cm³/mol. The van der Waals surface area contributed by atoms with Crippen LogP contribution >= 0.6 is 0 Å². The molecule has 0 aliphatic rings. The largest absolute Gasteiger partial charge is 0.383 e. The molecule has 0 fully saturated rings. The maximum atomic E-state index is 5.04. The van der Waals surface area contributed by atoms with Gasteiger partial charge >= 0.3 is 0 Å². The van der Waals surface area contributed by atoms with Crippen molar-refractivity contribution in [1.82, 2.24) is 5.32 Å². The summed E-state index contributed by atoms with van der Waals surface area (Å²) in [4.78, 5) is 0. The molecule has 2 heteroatoms. The van der Waals surface area contributed by atoms with Crippen LogP contribution < -0.4 is 5.32 Å². The van der Waals surface area contributed by atoms with E-state index in [-0.39, 0.29) is 0 Å². The number of methoxy groups -OCH3 is 1. The van der Waals surface area contributed by atoms with E-state index in [0.29, 0.717) is 5.41 Å². The summed E-state index contributed by atoms with van der Waals surface area (Å²) in [6.45, 7) is 11.9. The normalized spacial score (nSPS) is 11.8. The van der Waals surface area contributed by atoms with Crippen molar-refractivity contribution in [3.63, 3.8) is 0 Å². The van der Waals surface area contributed by atoms with E-state index in [2.05, 4.69) is 51.2 Å². The molecule has 1 aromatic carbocycles. The van der Waals surface area contributed by atoms with Crippen LogP contribution in [0.5, 0.6) is 0 Å². The number of rotatable bonds is 9. The summed E-state index contributed by atoms with van der Waals surface area (Å²) in [7, 11) is 1.75. The molecule has 0 unspecified atom stereocenters. The third-order valence-electron chi connectivity index (χ3n) is 4.12. The molecule has 0 spiro atoms. The molecule has 0 bridgehead atoms. The Kier molecular flexibility index (Phi) is 7.25. The van der Waals surface area contributed by atoms with Crippen LogP contribution in [0.4, 0.5) is 0 Å². The molecular formula is C18H31NO. The Hall–Kier alpha value is -0.860. The van der Waals surface area contributed by atoms with Crippen LogP contribution in [0.3, 0.4) is 0 Å². The molecule has 0 radical (unpaired) electrons. The van der Waals surface area contributed by atoms with Gasteiger partial charge in [-0.25, -0.2) is 0 Å². The van der Waals surface area contributed by atoms with E-state index in [1.54, 1.807) is 7.11 Å². The molecule has 1 rings (SSSR count). The molecule has 0 saturated heterocycles. The summed E-state index contributed by atoms with van der Waals surface area (Å²) in [5.74, 6) is 0. The molecule has 114 valence electrons. The molecule has 1 N–H and O–H groups in total. The number of aryl methyl sites for hydroxylation is 3. The average molecular weight is 277 g/mol. The van der Waals surface area contributed by atoms with Gasteiger partial charge in [-0.05, 0) is 61.8 Å². The van der Waals surface area contributed by atoms with Gasteiger partial charge in [0.15, 0.2) is 0 Å².